The summed E-state index contributed by atoms with van der Waals surface area (Å²) in [6, 6.07) is 14.1. The summed E-state index contributed by atoms with van der Waals surface area (Å²) in [7, 11) is 0. The van der Waals surface area contributed by atoms with Crippen LogP contribution in [0.25, 0.3) is 55.7 Å². The lowest BCUT2D eigenvalue weighted by molar-refractivity contribution is 0.209. The first kappa shape index (κ1) is 29.9. The summed E-state index contributed by atoms with van der Waals surface area (Å²) in [6.45, 7) is 5.25. The van der Waals surface area contributed by atoms with Gasteiger partial charge in [-0.2, -0.15) is 0 Å². The predicted molar refractivity (Wildman–Crippen MR) is 169 cm³/mol. The smallest absolute Gasteiger partial charge is 0.197 e. The van der Waals surface area contributed by atoms with Crippen LogP contribution in [0.5, 0.6) is 34.5 Å². The van der Waals surface area contributed by atoms with Crippen LogP contribution in [0.3, 0.4) is 0 Å². The molecule has 0 unspecified atom stereocenters. The van der Waals surface area contributed by atoms with Gasteiger partial charge in [0.2, 0.25) is 0 Å². The van der Waals surface area contributed by atoms with Gasteiger partial charge in [-0.05, 0) is 49.4 Å². The van der Waals surface area contributed by atoms with Crippen LogP contribution in [-0.2, 0) is 6.42 Å². The van der Waals surface area contributed by atoms with Crippen molar-refractivity contribution in [1.29, 1.82) is 0 Å². The maximum atomic E-state index is 13.5. The number of aliphatic hydroxyl groups excluding tert-OH is 1. The Labute approximate surface area is 259 Å². The van der Waals surface area contributed by atoms with Crippen molar-refractivity contribution in [3.8, 4) is 68.3 Å². The lowest BCUT2D eigenvalue weighted by Gasteiger charge is -2.19. The summed E-state index contributed by atoms with van der Waals surface area (Å²) in [4.78, 5) is 26.4. The molecule has 1 atom stereocenters. The average Bonchev–Trinajstić information content (AvgIpc) is 2.99. The molecule has 0 aliphatic carbocycles. The van der Waals surface area contributed by atoms with E-state index in [4.69, 9.17) is 8.83 Å². The van der Waals surface area contributed by atoms with E-state index in [0.717, 1.165) is 24.3 Å². The number of phenols is 6. The molecule has 0 saturated heterocycles. The highest BCUT2D eigenvalue weighted by Crippen LogP contribution is 2.48. The first-order chi connectivity index (χ1) is 21.8. The molecular formula is C35H26O11. The highest BCUT2D eigenvalue weighted by molar-refractivity contribution is 6.03. The summed E-state index contributed by atoms with van der Waals surface area (Å²) in [5, 5.41) is 73.9. The fourth-order valence-corrected chi connectivity index (χ4v) is 5.28. The minimum atomic E-state index is -1.22. The van der Waals surface area contributed by atoms with Crippen LogP contribution in [0, 0.1) is 0 Å². The van der Waals surface area contributed by atoms with Gasteiger partial charge in [-0.3, -0.25) is 9.59 Å². The third-order valence-corrected chi connectivity index (χ3v) is 7.68. The second kappa shape index (κ2) is 11.1. The molecule has 232 valence electrons. The molecule has 0 spiro atoms. The molecule has 11 nitrogen and oxygen atoms in total. The monoisotopic (exact) mass is 622 g/mol. The number of fused-ring (bicyclic) bond motifs is 2. The van der Waals surface area contributed by atoms with Gasteiger partial charge in [0.15, 0.2) is 16.4 Å². The van der Waals surface area contributed by atoms with E-state index < -0.39 is 40.0 Å². The number of hydrogen-bond donors (Lipinski definition) is 7. The van der Waals surface area contributed by atoms with Gasteiger partial charge in [0.05, 0.1) is 11.7 Å². The SMILES string of the molecule is C=C(C)[C@H](O)Cc1c(O)c(-c2cc(-c3cc(=O)c4c(O)cc(O)cc4o3)ccc2O)c2oc(-c3ccc(O)cc3)cc(=O)c2c1O. The predicted octanol–water partition coefficient (Wildman–Crippen LogP) is 5.61. The highest BCUT2D eigenvalue weighted by atomic mass is 16.3. The first-order valence-electron chi connectivity index (χ1n) is 13.8. The van der Waals surface area contributed by atoms with E-state index in [-0.39, 0.29) is 73.6 Å². The summed E-state index contributed by atoms with van der Waals surface area (Å²) in [6.07, 6.45) is -1.56. The van der Waals surface area contributed by atoms with Crippen LogP contribution in [0.1, 0.15) is 12.5 Å². The second-order valence-corrected chi connectivity index (χ2v) is 10.9. The minimum absolute atomic E-state index is 0.0167. The fourth-order valence-electron chi connectivity index (χ4n) is 5.28. The largest absolute Gasteiger partial charge is 0.508 e. The molecular weight excluding hydrogens is 596 g/mol. The lowest BCUT2D eigenvalue weighted by Crippen LogP contribution is -2.13. The summed E-state index contributed by atoms with van der Waals surface area (Å²) >= 11 is 0. The van der Waals surface area contributed by atoms with E-state index in [1.54, 1.807) is 6.92 Å². The van der Waals surface area contributed by atoms with Gasteiger partial charge >= 0.3 is 0 Å². The first-order valence-corrected chi connectivity index (χ1v) is 13.8. The normalized spacial score (nSPS) is 12.0. The topological polar surface area (TPSA) is 202 Å². The molecule has 2 aromatic heterocycles. The molecule has 0 aliphatic heterocycles. The maximum absolute atomic E-state index is 13.5. The maximum Gasteiger partial charge on any atom is 0.197 e. The zero-order valence-electron chi connectivity index (χ0n) is 24.1. The average molecular weight is 623 g/mol. The van der Waals surface area contributed by atoms with Crippen LogP contribution in [-0.4, -0.2) is 41.8 Å². The Bertz CT molecular complexity index is 2330. The molecule has 7 N–H and O–H groups in total. The van der Waals surface area contributed by atoms with Gasteiger partial charge in [0.25, 0.3) is 0 Å². The Morgan fingerprint density at radius 2 is 1.35 bits per heavy atom. The van der Waals surface area contributed by atoms with E-state index in [0.29, 0.717) is 11.1 Å². The third-order valence-electron chi connectivity index (χ3n) is 7.68. The molecule has 11 heteroatoms. The van der Waals surface area contributed by atoms with E-state index in [1.165, 1.54) is 42.5 Å². The standard InChI is InChI=1S/C35H26O11/c1-15(2)23(39)12-21-33(43)30(35-32(34(21)44)26(42)14-27(46-35)16-3-6-18(36)7-4-16)20-9-17(5-8-22(20)38)28-13-25(41)31-24(40)10-19(37)11-29(31)45-28/h3-11,13-14,23,36-40,43-44H,1,12H2,2H3/t23-/m1/s1. The van der Waals surface area contributed by atoms with E-state index in [9.17, 15) is 45.3 Å². The van der Waals surface area contributed by atoms with Crippen molar-refractivity contribution in [3.63, 3.8) is 0 Å². The quantitative estimate of drug-likeness (QED) is 0.114. The Morgan fingerprint density at radius 1 is 0.717 bits per heavy atom. The van der Waals surface area contributed by atoms with Gasteiger partial charge in [0, 0.05) is 52.9 Å². The van der Waals surface area contributed by atoms with Crippen LogP contribution in [0.2, 0.25) is 0 Å². The number of phenolic OH excluding ortho intramolecular Hbond substituents is 6. The van der Waals surface area contributed by atoms with Crippen LogP contribution >= 0.6 is 0 Å². The molecule has 6 aromatic rings. The van der Waals surface area contributed by atoms with Crippen LogP contribution in [0.4, 0.5) is 0 Å². The Balaban J connectivity index is 1.67. The van der Waals surface area contributed by atoms with Crippen molar-refractivity contribution in [1.82, 2.24) is 0 Å². The Hall–Kier alpha value is -6.20. The second-order valence-electron chi connectivity index (χ2n) is 10.9. The number of rotatable bonds is 6. The molecule has 0 amide bonds. The molecule has 46 heavy (non-hydrogen) atoms. The summed E-state index contributed by atoms with van der Waals surface area (Å²) in [5.41, 5.74) is -1.37. The van der Waals surface area contributed by atoms with Gasteiger partial charge < -0.3 is 44.6 Å². The van der Waals surface area contributed by atoms with Crippen molar-refractivity contribution in [2.24, 2.45) is 0 Å². The van der Waals surface area contributed by atoms with Crippen LogP contribution < -0.4 is 10.9 Å². The van der Waals surface area contributed by atoms with Crippen molar-refractivity contribution in [2.45, 2.75) is 19.4 Å². The zero-order chi connectivity index (χ0) is 33.0. The molecule has 0 fully saturated rings. The summed E-state index contributed by atoms with van der Waals surface area (Å²) in [5.74, 6) is -2.52. The number of aromatic hydroxyl groups is 6. The Kier molecular flexibility index (Phi) is 7.18. The van der Waals surface area contributed by atoms with Gasteiger partial charge in [-0.1, -0.05) is 12.2 Å². The number of aliphatic hydroxyl groups is 1. The third kappa shape index (κ3) is 5.04. The van der Waals surface area contributed by atoms with Crippen LogP contribution in [0.15, 0.2) is 97.3 Å². The zero-order valence-corrected chi connectivity index (χ0v) is 24.1. The lowest BCUT2D eigenvalue weighted by atomic mass is 9.91. The molecule has 6 rings (SSSR count). The van der Waals surface area contributed by atoms with Crippen molar-refractivity contribution >= 4 is 21.9 Å². The number of benzene rings is 4. The Morgan fingerprint density at radius 3 is 2.02 bits per heavy atom. The van der Waals surface area contributed by atoms with Gasteiger partial charge in [-0.15, -0.1) is 0 Å². The van der Waals surface area contributed by atoms with E-state index in [1.807, 2.05) is 0 Å². The molecule has 0 saturated carbocycles. The molecule has 4 aromatic carbocycles. The molecule has 0 aliphatic rings. The number of hydrogen-bond acceptors (Lipinski definition) is 11. The molecule has 0 bridgehead atoms. The van der Waals surface area contributed by atoms with Crippen molar-refractivity contribution in [3.05, 3.63) is 105 Å². The van der Waals surface area contributed by atoms with E-state index in [2.05, 4.69) is 6.58 Å². The van der Waals surface area contributed by atoms with Crippen molar-refractivity contribution < 1.29 is 44.6 Å². The van der Waals surface area contributed by atoms with E-state index >= 15 is 0 Å². The minimum Gasteiger partial charge on any atom is -0.508 e. The van der Waals surface area contributed by atoms with Gasteiger partial charge in [-0.25, -0.2) is 0 Å². The fraction of sp³-hybridized carbons (Fsp3) is 0.0857. The summed E-state index contributed by atoms with van der Waals surface area (Å²) < 4.78 is 11.9. The molecule has 2 heterocycles. The highest BCUT2D eigenvalue weighted by Gasteiger charge is 2.28. The van der Waals surface area contributed by atoms with Gasteiger partial charge in [0.1, 0.15) is 62.4 Å². The van der Waals surface area contributed by atoms with Crippen molar-refractivity contribution in [2.75, 3.05) is 0 Å². The molecule has 0 radical (unpaired) electrons.